The Balaban J connectivity index is 2.15. The van der Waals surface area contributed by atoms with Crippen molar-refractivity contribution in [1.82, 2.24) is 20.1 Å². The number of H-pyrrole nitrogens is 1. The van der Waals surface area contributed by atoms with Crippen LogP contribution in [0.1, 0.15) is 15.9 Å². The Morgan fingerprint density at radius 1 is 1.56 bits per heavy atom. The standard InChI is InChI=1S/C12H14N4O2/c1-16(8-9-6-14-15-7-9)12(17)10-4-3-5-13-11(10)18-2/h3-7H,8H2,1-2H3,(H,14,15). The summed E-state index contributed by atoms with van der Waals surface area (Å²) in [7, 11) is 3.22. The molecule has 0 saturated heterocycles. The van der Waals surface area contributed by atoms with Gasteiger partial charge in [0.15, 0.2) is 0 Å². The van der Waals surface area contributed by atoms with Crippen LogP contribution >= 0.6 is 0 Å². The number of rotatable bonds is 4. The fourth-order valence-corrected chi connectivity index (χ4v) is 1.63. The molecule has 0 aliphatic rings. The zero-order chi connectivity index (χ0) is 13.0. The number of hydrogen-bond acceptors (Lipinski definition) is 4. The molecule has 1 N–H and O–H groups in total. The summed E-state index contributed by atoms with van der Waals surface area (Å²) in [5.41, 5.74) is 1.39. The Labute approximate surface area is 105 Å². The first-order valence-corrected chi connectivity index (χ1v) is 5.44. The highest BCUT2D eigenvalue weighted by Crippen LogP contribution is 2.16. The first-order valence-electron chi connectivity index (χ1n) is 5.44. The molecule has 0 atom stereocenters. The van der Waals surface area contributed by atoms with E-state index >= 15 is 0 Å². The summed E-state index contributed by atoms with van der Waals surface area (Å²) in [5.74, 6) is 0.197. The van der Waals surface area contributed by atoms with E-state index in [-0.39, 0.29) is 5.91 Å². The van der Waals surface area contributed by atoms with Crippen molar-refractivity contribution in [1.29, 1.82) is 0 Å². The number of ether oxygens (including phenoxy) is 1. The van der Waals surface area contributed by atoms with Crippen molar-refractivity contribution in [2.45, 2.75) is 6.54 Å². The minimum Gasteiger partial charge on any atom is -0.480 e. The SMILES string of the molecule is COc1ncccc1C(=O)N(C)Cc1cn[nH]c1. The third-order valence-corrected chi connectivity index (χ3v) is 2.52. The number of hydrogen-bond donors (Lipinski definition) is 1. The van der Waals surface area contributed by atoms with Gasteiger partial charge in [0.2, 0.25) is 5.88 Å². The van der Waals surface area contributed by atoms with E-state index < -0.39 is 0 Å². The average molecular weight is 246 g/mol. The number of pyridine rings is 1. The van der Waals surface area contributed by atoms with Crippen molar-refractivity contribution in [3.63, 3.8) is 0 Å². The first-order chi connectivity index (χ1) is 8.72. The lowest BCUT2D eigenvalue weighted by molar-refractivity contribution is 0.0781. The monoisotopic (exact) mass is 246 g/mol. The van der Waals surface area contributed by atoms with E-state index in [9.17, 15) is 4.79 Å². The fourth-order valence-electron chi connectivity index (χ4n) is 1.63. The molecule has 6 nitrogen and oxygen atoms in total. The van der Waals surface area contributed by atoms with Crippen LogP contribution in [0.25, 0.3) is 0 Å². The molecule has 0 unspecified atom stereocenters. The van der Waals surface area contributed by atoms with E-state index in [1.54, 1.807) is 42.7 Å². The van der Waals surface area contributed by atoms with Crippen molar-refractivity contribution in [3.8, 4) is 5.88 Å². The van der Waals surface area contributed by atoms with E-state index in [0.29, 0.717) is 18.0 Å². The van der Waals surface area contributed by atoms with Crippen LogP contribution in [-0.2, 0) is 6.54 Å². The molecule has 0 aliphatic carbocycles. The molecule has 0 aliphatic heterocycles. The van der Waals surface area contributed by atoms with Gasteiger partial charge in [0.25, 0.3) is 5.91 Å². The predicted molar refractivity (Wildman–Crippen MR) is 65.2 cm³/mol. The quantitative estimate of drug-likeness (QED) is 0.876. The maximum Gasteiger partial charge on any atom is 0.259 e. The zero-order valence-corrected chi connectivity index (χ0v) is 10.3. The van der Waals surface area contributed by atoms with Crippen LogP contribution in [0.15, 0.2) is 30.7 Å². The molecule has 0 saturated carbocycles. The lowest BCUT2D eigenvalue weighted by atomic mass is 10.2. The van der Waals surface area contributed by atoms with Crippen molar-refractivity contribution in [2.24, 2.45) is 0 Å². The third-order valence-electron chi connectivity index (χ3n) is 2.52. The summed E-state index contributed by atoms with van der Waals surface area (Å²) in [6.07, 6.45) is 5.03. The molecule has 0 aromatic carbocycles. The smallest absolute Gasteiger partial charge is 0.259 e. The zero-order valence-electron chi connectivity index (χ0n) is 10.3. The highest BCUT2D eigenvalue weighted by molar-refractivity contribution is 5.96. The summed E-state index contributed by atoms with van der Waals surface area (Å²) >= 11 is 0. The van der Waals surface area contributed by atoms with Gasteiger partial charge in [-0.1, -0.05) is 0 Å². The van der Waals surface area contributed by atoms with Crippen molar-refractivity contribution in [2.75, 3.05) is 14.2 Å². The lowest BCUT2D eigenvalue weighted by Crippen LogP contribution is -2.26. The van der Waals surface area contributed by atoms with Gasteiger partial charge in [-0.3, -0.25) is 9.89 Å². The molecule has 18 heavy (non-hydrogen) atoms. The Kier molecular flexibility index (Phi) is 3.57. The Bertz CT molecular complexity index is 525. The van der Waals surface area contributed by atoms with Crippen LogP contribution in [0.2, 0.25) is 0 Å². The maximum absolute atomic E-state index is 12.2. The van der Waals surface area contributed by atoms with E-state index in [1.165, 1.54) is 7.11 Å². The van der Waals surface area contributed by atoms with Gasteiger partial charge in [0.05, 0.1) is 13.3 Å². The van der Waals surface area contributed by atoms with E-state index in [0.717, 1.165) is 5.56 Å². The number of nitrogens with one attached hydrogen (secondary N) is 1. The molecule has 2 rings (SSSR count). The second-order valence-corrected chi connectivity index (χ2v) is 3.83. The van der Waals surface area contributed by atoms with Crippen molar-refractivity contribution >= 4 is 5.91 Å². The largest absolute Gasteiger partial charge is 0.480 e. The average Bonchev–Trinajstić information content (AvgIpc) is 2.90. The molecule has 0 spiro atoms. The highest BCUT2D eigenvalue weighted by atomic mass is 16.5. The summed E-state index contributed by atoms with van der Waals surface area (Å²) < 4.78 is 5.07. The normalized spacial score (nSPS) is 10.1. The molecule has 0 radical (unpaired) electrons. The van der Waals surface area contributed by atoms with Crippen LogP contribution in [0.5, 0.6) is 5.88 Å². The molecule has 94 valence electrons. The van der Waals surface area contributed by atoms with Gasteiger partial charge in [-0.2, -0.15) is 5.10 Å². The summed E-state index contributed by atoms with van der Waals surface area (Å²) in [6, 6.07) is 3.40. The van der Waals surface area contributed by atoms with Crippen LogP contribution in [-0.4, -0.2) is 40.1 Å². The van der Waals surface area contributed by atoms with Crippen molar-refractivity contribution < 1.29 is 9.53 Å². The Morgan fingerprint density at radius 2 is 2.39 bits per heavy atom. The summed E-state index contributed by atoms with van der Waals surface area (Å²) in [4.78, 5) is 17.8. The van der Waals surface area contributed by atoms with E-state index in [2.05, 4.69) is 15.2 Å². The molecule has 1 amide bonds. The van der Waals surface area contributed by atoms with Crippen LogP contribution < -0.4 is 4.74 Å². The highest BCUT2D eigenvalue weighted by Gasteiger charge is 2.17. The number of carbonyl (C=O) groups is 1. The third kappa shape index (κ3) is 2.48. The van der Waals surface area contributed by atoms with Gasteiger partial charge in [-0.15, -0.1) is 0 Å². The van der Waals surface area contributed by atoms with Gasteiger partial charge in [0, 0.05) is 31.5 Å². The number of aromatic amines is 1. The topological polar surface area (TPSA) is 71.1 Å². The first kappa shape index (κ1) is 12.1. The molecule has 2 heterocycles. The summed E-state index contributed by atoms with van der Waals surface area (Å²) in [5, 5.41) is 6.55. The Hall–Kier alpha value is -2.37. The predicted octanol–water partition coefficient (Wildman–Crippen LogP) is 1.09. The second-order valence-electron chi connectivity index (χ2n) is 3.83. The van der Waals surface area contributed by atoms with Gasteiger partial charge in [-0.05, 0) is 12.1 Å². The van der Waals surface area contributed by atoms with Gasteiger partial charge in [0.1, 0.15) is 5.56 Å². The fraction of sp³-hybridized carbons (Fsp3) is 0.250. The number of methoxy groups -OCH3 is 1. The minimum absolute atomic E-state index is 0.138. The molecule has 0 bridgehead atoms. The van der Waals surface area contributed by atoms with Crippen LogP contribution in [0.4, 0.5) is 0 Å². The maximum atomic E-state index is 12.2. The molecule has 2 aromatic heterocycles. The number of nitrogens with zero attached hydrogens (tertiary/aromatic N) is 3. The van der Waals surface area contributed by atoms with E-state index in [4.69, 9.17) is 4.74 Å². The number of aromatic nitrogens is 3. The number of amides is 1. The molecule has 0 fully saturated rings. The number of carbonyl (C=O) groups excluding carboxylic acids is 1. The van der Waals surface area contributed by atoms with Gasteiger partial charge >= 0.3 is 0 Å². The second kappa shape index (κ2) is 5.31. The molecular weight excluding hydrogens is 232 g/mol. The lowest BCUT2D eigenvalue weighted by Gasteiger charge is -2.17. The summed E-state index contributed by atoms with van der Waals surface area (Å²) in [6.45, 7) is 0.480. The van der Waals surface area contributed by atoms with E-state index in [1.807, 2.05) is 0 Å². The van der Waals surface area contributed by atoms with Crippen LogP contribution in [0, 0.1) is 0 Å². The van der Waals surface area contributed by atoms with Gasteiger partial charge in [-0.25, -0.2) is 4.98 Å². The molecule has 2 aromatic rings. The Morgan fingerprint density at radius 3 is 3.06 bits per heavy atom. The molecule has 6 heteroatoms. The van der Waals surface area contributed by atoms with Crippen LogP contribution in [0.3, 0.4) is 0 Å². The molecular formula is C12H14N4O2. The van der Waals surface area contributed by atoms with Crippen molar-refractivity contribution in [3.05, 3.63) is 41.9 Å². The minimum atomic E-state index is -0.138. The van der Waals surface area contributed by atoms with Gasteiger partial charge < -0.3 is 9.64 Å².